The number of para-hydroxylation sites is 1. The normalized spacial score (nSPS) is 24.0. The predicted octanol–water partition coefficient (Wildman–Crippen LogP) is 2.80. The minimum absolute atomic E-state index is 0.00516. The van der Waals surface area contributed by atoms with Gasteiger partial charge in [-0.05, 0) is 54.7 Å². The first-order valence-electron chi connectivity index (χ1n) is 13.7. The van der Waals surface area contributed by atoms with Gasteiger partial charge in [-0.2, -0.15) is 0 Å². The first-order valence-corrected chi connectivity index (χ1v) is 13.7. The lowest BCUT2D eigenvalue weighted by Gasteiger charge is -2.47. The summed E-state index contributed by atoms with van der Waals surface area (Å²) in [4.78, 5) is 57.1. The van der Waals surface area contributed by atoms with Crippen LogP contribution in [0, 0.1) is 11.3 Å². The molecule has 3 aliphatic heterocycles. The molecule has 4 heterocycles. The van der Waals surface area contributed by atoms with Crippen molar-refractivity contribution in [3.8, 4) is 11.5 Å². The van der Waals surface area contributed by atoms with Crippen LogP contribution in [0.4, 0.5) is 10.5 Å². The standard InChI is InChI=1S/C31H32N4O6/c1-40-25-12-11-20(14-26(25)41-2)15-31(28(37)32-30(39)35(29(31)38)23-7-4-3-5-8-23)19-33-16-21-13-22(18-33)24-9-6-10-27(36)34(24)17-21/h3-12,14,21-22H,13,15-19H2,1-2H3,(H,32,37,39)/t21-,22+,31?/m1/s1. The molecule has 2 fully saturated rings. The van der Waals surface area contributed by atoms with Gasteiger partial charge in [0.25, 0.3) is 11.5 Å². The van der Waals surface area contributed by atoms with E-state index >= 15 is 0 Å². The van der Waals surface area contributed by atoms with Gasteiger partial charge in [-0.3, -0.25) is 19.7 Å². The van der Waals surface area contributed by atoms with Gasteiger partial charge >= 0.3 is 6.03 Å². The summed E-state index contributed by atoms with van der Waals surface area (Å²) >= 11 is 0. The Bertz CT molecular complexity index is 1570. The topological polar surface area (TPSA) is 110 Å². The maximum atomic E-state index is 14.4. The minimum Gasteiger partial charge on any atom is -0.493 e. The largest absolute Gasteiger partial charge is 0.493 e. The Morgan fingerprint density at radius 3 is 2.41 bits per heavy atom. The Hall–Kier alpha value is -4.44. The van der Waals surface area contributed by atoms with Gasteiger partial charge in [0.15, 0.2) is 11.5 Å². The van der Waals surface area contributed by atoms with Gasteiger partial charge in [0, 0.05) is 43.9 Å². The summed E-state index contributed by atoms with van der Waals surface area (Å²) in [7, 11) is 3.07. The monoisotopic (exact) mass is 556 g/mol. The number of barbiturate groups is 1. The summed E-state index contributed by atoms with van der Waals surface area (Å²) in [5.74, 6) is 0.121. The summed E-state index contributed by atoms with van der Waals surface area (Å²) in [6.45, 7) is 1.93. The van der Waals surface area contributed by atoms with Gasteiger partial charge < -0.3 is 18.9 Å². The van der Waals surface area contributed by atoms with E-state index in [0.29, 0.717) is 42.4 Å². The number of piperidine rings is 1. The number of aromatic nitrogens is 1. The number of hydrogen-bond acceptors (Lipinski definition) is 7. The number of carbonyl (C=O) groups is 3. The van der Waals surface area contributed by atoms with Crippen molar-refractivity contribution in [2.45, 2.75) is 25.3 Å². The summed E-state index contributed by atoms with van der Waals surface area (Å²) in [5, 5.41) is 2.48. The summed E-state index contributed by atoms with van der Waals surface area (Å²) in [6, 6.07) is 18.5. The zero-order valence-corrected chi connectivity index (χ0v) is 23.0. The maximum absolute atomic E-state index is 14.4. The molecule has 3 aliphatic rings. The van der Waals surface area contributed by atoms with Crippen molar-refractivity contribution in [3.63, 3.8) is 0 Å². The molecule has 212 valence electrons. The fraction of sp³-hybridized carbons (Fsp3) is 0.355. The van der Waals surface area contributed by atoms with E-state index < -0.39 is 23.3 Å². The van der Waals surface area contributed by atoms with Gasteiger partial charge in [-0.1, -0.05) is 30.3 Å². The number of ether oxygens (including phenoxy) is 2. The molecule has 0 spiro atoms. The third-order valence-corrected chi connectivity index (χ3v) is 8.49. The second-order valence-electron chi connectivity index (χ2n) is 11.1. The van der Waals surface area contributed by atoms with Crippen LogP contribution in [0.1, 0.15) is 23.6 Å². The van der Waals surface area contributed by atoms with Crippen LogP contribution in [-0.4, -0.2) is 61.2 Å². The number of benzene rings is 2. The first kappa shape index (κ1) is 26.8. The Labute approximate surface area is 237 Å². The molecule has 0 aliphatic carbocycles. The predicted molar refractivity (Wildman–Crippen MR) is 151 cm³/mol. The average Bonchev–Trinajstić information content (AvgIpc) is 2.97. The lowest BCUT2D eigenvalue weighted by atomic mass is 9.75. The zero-order valence-electron chi connectivity index (χ0n) is 23.0. The maximum Gasteiger partial charge on any atom is 0.335 e. The summed E-state index contributed by atoms with van der Waals surface area (Å²) in [6.07, 6.45) is 0.994. The highest BCUT2D eigenvalue weighted by Crippen LogP contribution is 2.40. The Kier molecular flexibility index (Phi) is 6.86. The Morgan fingerprint density at radius 2 is 1.66 bits per heavy atom. The van der Waals surface area contributed by atoms with E-state index in [9.17, 15) is 19.2 Å². The number of amides is 4. The Morgan fingerprint density at radius 1 is 0.878 bits per heavy atom. The molecule has 1 unspecified atom stereocenters. The third kappa shape index (κ3) is 4.67. The van der Waals surface area contributed by atoms with Crippen LogP contribution in [0.5, 0.6) is 11.5 Å². The van der Waals surface area contributed by atoms with Crippen molar-refractivity contribution < 1.29 is 23.9 Å². The number of nitrogens with one attached hydrogen (secondary N) is 1. The number of hydrogen-bond donors (Lipinski definition) is 1. The molecular weight excluding hydrogens is 524 g/mol. The van der Waals surface area contributed by atoms with Crippen LogP contribution in [0.2, 0.25) is 0 Å². The van der Waals surface area contributed by atoms with Crippen molar-refractivity contribution in [3.05, 3.63) is 88.3 Å². The summed E-state index contributed by atoms with van der Waals surface area (Å²) in [5.41, 5.74) is 0.471. The van der Waals surface area contributed by atoms with Crippen LogP contribution in [0.25, 0.3) is 0 Å². The van der Waals surface area contributed by atoms with Crippen LogP contribution >= 0.6 is 0 Å². The molecule has 2 bridgehead atoms. The molecule has 0 radical (unpaired) electrons. The second kappa shape index (κ2) is 10.5. The number of nitrogens with zero attached hydrogens (tertiary/aromatic N) is 3. The molecule has 0 saturated carbocycles. The molecule has 6 rings (SSSR count). The van der Waals surface area contributed by atoms with Crippen molar-refractivity contribution >= 4 is 23.5 Å². The molecule has 3 aromatic rings. The van der Waals surface area contributed by atoms with E-state index in [-0.39, 0.29) is 30.4 Å². The van der Waals surface area contributed by atoms with E-state index in [1.54, 1.807) is 67.8 Å². The van der Waals surface area contributed by atoms with Gasteiger partial charge in [0.2, 0.25) is 5.91 Å². The summed E-state index contributed by atoms with van der Waals surface area (Å²) < 4.78 is 12.7. The molecule has 10 nitrogen and oxygen atoms in total. The van der Waals surface area contributed by atoms with Crippen molar-refractivity contribution in [1.82, 2.24) is 14.8 Å². The number of urea groups is 1. The Balaban J connectivity index is 1.39. The van der Waals surface area contributed by atoms with Gasteiger partial charge in [0.1, 0.15) is 5.41 Å². The van der Waals surface area contributed by atoms with E-state index in [0.717, 1.165) is 17.0 Å². The molecule has 1 N–H and O–H groups in total. The SMILES string of the molecule is COc1ccc(CC2(CN3C[C@H]4C[C@@H](C3)c3cccc(=O)n3C4)C(=O)NC(=O)N(c3ccccc3)C2=O)cc1OC. The van der Waals surface area contributed by atoms with Gasteiger partial charge in [0.05, 0.1) is 19.9 Å². The molecule has 1 aromatic heterocycles. The highest BCUT2D eigenvalue weighted by atomic mass is 16.5. The highest BCUT2D eigenvalue weighted by molar-refractivity contribution is 6.30. The molecule has 41 heavy (non-hydrogen) atoms. The number of rotatable bonds is 7. The molecule has 3 atom stereocenters. The fourth-order valence-corrected chi connectivity index (χ4v) is 6.68. The quantitative estimate of drug-likeness (QED) is 0.446. The van der Waals surface area contributed by atoms with E-state index in [1.807, 2.05) is 10.6 Å². The van der Waals surface area contributed by atoms with E-state index in [2.05, 4.69) is 10.2 Å². The van der Waals surface area contributed by atoms with Gasteiger partial charge in [-0.15, -0.1) is 0 Å². The molecule has 2 saturated heterocycles. The number of imide groups is 2. The lowest BCUT2D eigenvalue weighted by Crippen LogP contribution is -2.68. The molecular formula is C31H32N4O6. The van der Waals surface area contributed by atoms with Crippen LogP contribution in [0.3, 0.4) is 0 Å². The van der Waals surface area contributed by atoms with Crippen molar-refractivity contribution in [2.24, 2.45) is 11.3 Å². The number of likely N-dealkylation sites (tertiary alicyclic amines) is 1. The lowest BCUT2D eigenvalue weighted by molar-refractivity contribution is -0.144. The number of pyridine rings is 1. The average molecular weight is 557 g/mol. The van der Waals surface area contributed by atoms with Crippen LogP contribution in [0.15, 0.2) is 71.5 Å². The van der Waals surface area contributed by atoms with Crippen molar-refractivity contribution in [2.75, 3.05) is 38.8 Å². The first-order chi connectivity index (χ1) is 19.8. The second-order valence-corrected chi connectivity index (χ2v) is 11.1. The fourth-order valence-electron chi connectivity index (χ4n) is 6.68. The number of fused-ring (bicyclic) bond motifs is 4. The number of carbonyl (C=O) groups excluding carboxylic acids is 3. The number of anilines is 1. The van der Waals surface area contributed by atoms with Crippen LogP contribution in [-0.2, 0) is 22.6 Å². The van der Waals surface area contributed by atoms with Gasteiger partial charge in [-0.25, -0.2) is 9.69 Å². The van der Waals surface area contributed by atoms with E-state index in [1.165, 1.54) is 7.11 Å². The van der Waals surface area contributed by atoms with Crippen molar-refractivity contribution in [1.29, 1.82) is 0 Å². The van der Waals surface area contributed by atoms with E-state index in [4.69, 9.17) is 9.47 Å². The number of methoxy groups -OCH3 is 2. The smallest absolute Gasteiger partial charge is 0.335 e. The molecule has 10 heteroatoms. The molecule has 4 amide bonds. The molecule has 2 aromatic carbocycles. The van der Waals surface area contributed by atoms with Crippen LogP contribution < -0.4 is 25.2 Å². The zero-order chi connectivity index (χ0) is 28.7. The third-order valence-electron chi connectivity index (χ3n) is 8.49. The minimum atomic E-state index is -1.59. The highest BCUT2D eigenvalue weighted by Gasteiger charge is 2.56.